The average molecular weight is 410 g/mol. The number of nitrogens with zero attached hydrogens (tertiary/aromatic N) is 3. The Bertz CT molecular complexity index is 768. The first-order valence-electron chi connectivity index (χ1n) is 8.75. The van der Waals surface area contributed by atoms with Gasteiger partial charge >= 0.3 is 0 Å². The maximum Gasteiger partial charge on any atom is 0.253 e. The number of amides is 2. The molecule has 1 unspecified atom stereocenters. The van der Waals surface area contributed by atoms with Crippen molar-refractivity contribution < 1.29 is 9.59 Å². The summed E-state index contributed by atoms with van der Waals surface area (Å²) in [4.78, 5) is 25.1. The van der Waals surface area contributed by atoms with E-state index >= 15 is 0 Å². The molecule has 1 aromatic carbocycles. The third kappa shape index (κ3) is 6.25. The van der Waals surface area contributed by atoms with Crippen molar-refractivity contribution in [1.82, 2.24) is 25.4 Å². The van der Waals surface area contributed by atoms with Crippen molar-refractivity contribution in [1.29, 1.82) is 0 Å². The molecule has 0 aliphatic carbocycles. The van der Waals surface area contributed by atoms with Gasteiger partial charge in [-0.3, -0.25) is 9.59 Å². The topological polar surface area (TPSA) is 88.9 Å². The SMILES string of the molecule is CCn1cnnc1CCNC(=O)C(CCSC)NC(=O)c1ccccc1Cl. The van der Waals surface area contributed by atoms with Crippen LogP contribution in [0, 0.1) is 0 Å². The lowest BCUT2D eigenvalue weighted by atomic mass is 10.1. The van der Waals surface area contributed by atoms with E-state index in [0.29, 0.717) is 30.0 Å². The molecule has 1 atom stereocenters. The van der Waals surface area contributed by atoms with Crippen LogP contribution in [0.15, 0.2) is 30.6 Å². The monoisotopic (exact) mass is 409 g/mol. The van der Waals surface area contributed by atoms with E-state index in [1.54, 1.807) is 42.4 Å². The molecule has 2 N–H and O–H groups in total. The number of hydrogen-bond donors (Lipinski definition) is 2. The van der Waals surface area contributed by atoms with Crippen molar-refractivity contribution in [2.45, 2.75) is 32.4 Å². The van der Waals surface area contributed by atoms with Gasteiger partial charge in [-0.2, -0.15) is 11.8 Å². The van der Waals surface area contributed by atoms with Crippen molar-refractivity contribution in [3.63, 3.8) is 0 Å². The van der Waals surface area contributed by atoms with Crippen molar-refractivity contribution in [3.05, 3.63) is 47.0 Å². The highest BCUT2D eigenvalue weighted by Crippen LogP contribution is 2.15. The number of nitrogens with one attached hydrogen (secondary N) is 2. The minimum atomic E-state index is -0.620. The summed E-state index contributed by atoms with van der Waals surface area (Å²) in [7, 11) is 0. The summed E-state index contributed by atoms with van der Waals surface area (Å²) in [6, 6.07) is 6.16. The standard InChI is InChI=1S/C18H24ClN5O2S/c1-3-24-12-21-23-16(24)8-10-20-18(26)15(9-11-27-2)22-17(25)13-6-4-5-7-14(13)19/h4-7,12,15H,3,8-11H2,1-2H3,(H,20,26)(H,22,25). The maximum atomic E-state index is 12.6. The van der Waals surface area contributed by atoms with E-state index in [1.165, 1.54) is 0 Å². The number of hydrogen-bond acceptors (Lipinski definition) is 5. The molecule has 0 spiro atoms. The van der Waals surface area contributed by atoms with Gasteiger partial charge in [0.15, 0.2) is 0 Å². The van der Waals surface area contributed by atoms with Gasteiger partial charge in [0.2, 0.25) is 5.91 Å². The first kappa shape index (κ1) is 21.2. The van der Waals surface area contributed by atoms with Gasteiger partial charge in [-0.25, -0.2) is 0 Å². The van der Waals surface area contributed by atoms with Gasteiger partial charge in [-0.1, -0.05) is 23.7 Å². The second-order valence-corrected chi connectivity index (χ2v) is 7.25. The molecular weight excluding hydrogens is 386 g/mol. The van der Waals surface area contributed by atoms with Crippen LogP contribution in [-0.2, 0) is 17.8 Å². The van der Waals surface area contributed by atoms with Crippen LogP contribution in [0.3, 0.4) is 0 Å². The number of halogens is 1. The third-order valence-electron chi connectivity index (χ3n) is 4.04. The Balaban J connectivity index is 1.94. The van der Waals surface area contributed by atoms with Crippen LogP contribution in [-0.4, -0.2) is 51.2 Å². The Hall–Kier alpha value is -2.06. The summed E-state index contributed by atoms with van der Waals surface area (Å²) in [6.45, 7) is 3.21. The zero-order valence-corrected chi connectivity index (χ0v) is 17.0. The second kappa shape index (κ2) is 10.9. The number of carbonyl (C=O) groups excluding carboxylic acids is 2. The molecule has 0 fully saturated rings. The summed E-state index contributed by atoms with van der Waals surface area (Å²) in [5.74, 6) is 1.00. The van der Waals surface area contributed by atoms with Gasteiger partial charge in [0.1, 0.15) is 18.2 Å². The molecule has 9 heteroatoms. The molecule has 1 aromatic heterocycles. The first-order chi connectivity index (χ1) is 13.1. The highest BCUT2D eigenvalue weighted by atomic mass is 35.5. The molecule has 1 heterocycles. The van der Waals surface area contributed by atoms with E-state index in [9.17, 15) is 9.59 Å². The van der Waals surface area contributed by atoms with Gasteiger partial charge in [0.25, 0.3) is 5.91 Å². The lowest BCUT2D eigenvalue weighted by Crippen LogP contribution is -2.47. The Kier molecular flexibility index (Phi) is 8.60. The summed E-state index contributed by atoms with van der Waals surface area (Å²) >= 11 is 7.70. The summed E-state index contributed by atoms with van der Waals surface area (Å²) in [6.07, 6.45) is 4.74. The number of rotatable bonds is 10. The van der Waals surface area contributed by atoms with E-state index in [4.69, 9.17) is 11.6 Å². The number of aromatic nitrogens is 3. The highest BCUT2D eigenvalue weighted by Gasteiger charge is 2.22. The molecule has 146 valence electrons. The van der Waals surface area contributed by atoms with Crippen molar-refractivity contribution in [3.8, 4) is 0 Å². The fraction of sp³-hybridized carbons (Fsp3) is 0.444. The van der Waals surface area contributed by atoms with Crippen LogP contribution in [0.25, 0.3) is 0 Å². The molecule has 2 aromatic rings. The van der Waals surface area contributed by atoms with Gasteiger partial charge in [-0.05, 0) is 37.5 Å². The molecule has 27 heavy (non-hydrogen) atoms. The zero-order valence-electron chi connectivity index (χ0n) is 15.4. The number of carbonyl (C=O) groups is 2. The van der Waals surface area contributed by atoms with Crippen LogP contribution in [0.1, 0.15) is 29.5 Å². The van der Waals surface area contributed by atoms with Gasteiger partial charge in [0.05, 0.1) is 10.6 Å². The molecule has 2 amide bonds. The van der Waals surface area contributed by atoms with Crippen LogP contribution in [0.4, 0.5) is 0 Å². The number of thioether (sulfide) groups is 1. The number of benzene rings is 1. The van der Waals surface area contributed by atoms with E-state index in [2.05, 4.69) is 20.8 Å². The van der Waals surface area contributed by atoms with Crippen LogP contribution in [0.5, 0.6) is 0 Å². The van der Waals surface area contributed by atoms with Gasteiger partial charge < -0.3 is 15.2 Å². The molecule has 2 rings (SSSR count). The fourth-order valence-corrected chi connectivity index (χ4v) is 3.24. The largest absolute Gasteiger partial charge is 0.354 e. The lowest BCUT2D eigenvalue weighted by molar-refractivity contribution is -0.123. The van der Waals surface area contributed by atoms with E-state index in [0.717, 1.165) is 18.1 Å². The minimum Gasteiger partial charge on any atom is -0.354 e. The molecule has 0 aliphatic heterocycles. The van der Waals surface area contributed by atoms with E-state index in [-0.39, 0.29) is 11.8 Å². The normalized spacial score (nSPS) is 11.8. The van der Waals surface area contributed by atoms with Crippen molar-refractivity contribution in [2.24, 2.45) is 0 Å². The predicted octanol–water partition coefficient (Wildman–Crippen LogP) is 2.16. The molecular formula is C18H24ClN5O2S. The molecule has 0 aliphatic rings. The molecule has 7 nitrogen and oxygen atoms in total. The second-order valence-electron chi connectivity index (χ2n) is 5.86. The first-order valence-corrected chi connectivity index (χ1v) is 10.5. The summed E-state index contributed by atoms with van der Waals surface area (Å²) < 4.78 is 1.93. The molecule has 0 bridgehead atoms. The maximum absolute atomic E-state index is 12.6. The van der Waals surface area contributed by atoms with Crippen LogP contribution < -0.4 is 10.6 Å². The molecule has 0 radical (unpaired) electrons. The Morgan fingerprint density at radius 3 is 2.81 bits per heavy atom. The minimum absolute atomic E-state index is 0.216. The third-order valence-corrected chi connectivity index (χ3v) is 5.01. The summed E-state index contributed by atoms with van der Waals surface area (Å²) in [5.41, 5.74) is 0.358. The Morgan fingerprint density at radius 2 is 2.11 bits per heavy atom. The van der Waals surface area contributed by atoms with Gasteiger partial charge in [-0.15, -0.1) is 10.2 Å². The zero-order chi connectivity index (χ0) is 19.6. The van der Waals surface area contributed by atoms with Crippen molar-refractivity contribution in [2.75, 3.05) is 18.6 Å². The molecule has 0 saturated carbocycles. The lowest BCUT2D eigenvalue weighted by Gasteiger charge is -2.18. The predicted molar refractivity (Wildman–Crippen MR) is 108 cm³/mol. The Morgan fingerprint density at radius 1 is 1.33 bits per heavy atom. The fourth-order valence-electron chi connectivity index (χ4n) is 2.54. The molecule has 0 saturated heterocycles. The van der Waals surface area contributed by atoms with Crippen LogP contribution in [0.2, 0.25) is 5.02 Å². The quantitative estimate of drug-likeness (QED) is 0.627. The van der Waals surface area contributed by atoms with E-state index < -0.39 is 6.04 Å². The smallest absolute Gasteiger partial charge is 0.253 e. The van der Waals surface area contributed by atoms with Crippen LogP contribution >= 0.6 is 23.4 Å². The average Bonchev–Trinajstić information content (AvgIpc) is 3.12. The van der Waals surface area contributed by atoms with E-state index in [1.807, 2.05) is 17.7 Å². The number of aryl methyl sites for hydroxylation is 1. The summed E-state index contributed by atoms with van der Waals surface area (Å²) in [5, 5.41) is 14.0. The Labute approximate surface area is 168 Å². The van der Waals surface area contributed by atoms with Crippen molar-refractivity contribution >= 4 is 35.2 Å². The highest BCUT2D eigenvalue weighted by molar-refractivity contribution is 7.98. The van der Waals surface area contributed by atoms with Gasteiger partial charge in [0, 0.05) is 19.5 Å².